The van der Waals surface area contributed by atoms with E-state index in [1.54, 1.807) is 6.07 Å². The van der Waals surface area contributed by atoms with Crippen LogP contribution in [-0.2, 0) is 11.2 Å². The van der Waals surface area contributed by atoms with Crippen molar-refractivity contribution in [3.8, 4) is 0 Å². The van der Waals surface area contributed by atoms with Crippen molar-refractivity contribution >= 4 is 23.5 Å². The van der Waals surface area contributed by atoms with E-state index in [1.807, 2.05) is 6.92 Å². The Balaban J connectivity index is 1.73. The highest BCUT2D eigenvalue weighted by Crippen LogP contribution is 2.28. The molecule has 1 amide bonds. The summed E-state index contributed by atoms with van der Waals surface area (Å²) >= 11 is 6.01. The van der Waals surface area contributed by atoms with Gasteiger partial charge in [-0.1, -0.05) is 17.7 Å². The van der Waals surface area contributed by atoms with Gasteiger partial charge < -0.3 is 16.0 Å². The number of carbonyl (C=O) groups excluding carboxylic acids is 1. The van der Waals surface area contributed by atoms with Crippen LogP contribution in [0.25, 0.3) is 0 Å². The molecule has 0 aliphatic heterocycles. The molecule has 5 nitrogen and oxygen atoms in total. The Morgan fingerprint density at radius 2 is 2.04 bits per heavy atom. The lowest BCUT2D eigenvalue weighted by Crippen LogP contribution is -2.41. The quantitative estimate of drug-likeness (QED) is 0.380. The number of guanidine groups is 1. The zero-order chi connectivity index (χ0) is 17.4. The highest BCUT2D eigenvalue weighted by Gasteiger charge is 2.28. The van der Waals surface area contributed by atoms with Gasteiger partial charge in [0.1, 0.15) is 5.82 Å². The first kappa shape index (κ1) is 18.5. The molecule has 0 heterocycles. The van der Waals surface area contributed by atoms with Crippen LogP contribution in [-0.4, -0.2) is 38.0 Å². The molecular formula is C17H24ClFN4O. The van der Waals surface area contributed by atoms with Crippen LogP contribution in [0.4, 0.5) is 4.39 Å². The van der Waals surface area contributed by atoms with Crippen molar-refractivity contribution in [1.29, 1.82) is 0 Å². The molecule has 7 heteroatoms. The SMILES string of the molecule is CCNC(=NCCc1ccc(F)cc1Cl)NCCNC(=O)C1CC1. The molecule has 1 aliphatic rings. The second kappa shape index (κ2) is 9.47. The van der Waals surface area contributed by atoms with Crippen molar-refractivity contribution in [1.82, 2.24) is 16.0 Å². The predicted octanol–water partition coefficient (Wildman–Crippen LogP) is 2.10. The number of nitrogens with zero attached hydrogens (tertiary/aromatic N) is 1. The molecule has 3 N–H and O–H groups in total. The average Bonchev–Trinajstić information content (AvgIpc) is 3.38. The Hall–Kier alpha value is -1.82. The first-order valence-electron chi connectivity index (χ1n) is 8.34. The number of hydrogen-bond donors (Lipinski definition) is 3. The third-order valence-electron chi connectivity index (χ3n) is 3.68. The standard InChI is InChI=1S/C17H24ClFN4O/c1-2-20-17(23-10-9-21-16(24)13-3-4-13)22-8-7-12-5-6-14(19)11-15(12)18/h5-6,11,13H,2-4,7-10H2,1H3,(H,21,24)(H2,20,22,23). The van der Waals surface area contributed by atoms with E-state index in [4.69, 9.17) is 11.6 Å². The molecule has 1 aromatic carbocycles. The molecule has 0 radical (unpaired) electrons. The van der Waals surface area contributed by atoms with Crippen molar-refractivity contribution < 1.29 is 9.18 Å². The molecule has 0 bridgehead atoms. The Bertz CT molecular complexity index is 590. The summed E-state index contributed by atoms with van der Waals surface area (Å²) in [5, 5.41) is 9.65. The van der Waals surface area contributed by atoms with Crippen molar-refractivity contribution in [2.45, 2.75) is 26.2 Å². The smallest absolute Gasteiger partial charge is 0.223 e. The molecule has 24 heavy (non-hydrogen) atoms. The van der Waals surface area contributed by atoms with E-state index in [9.17, 15) is 9.18 Å². The van der Waals surface area contributed by atoms with Crippen LogP contribution in [0.15, 0.2) is 23.2 Å². The number of carbonyl (C=O) groups is 1. The van der Waals surface area contributed by atoms with Crippen LogP contribution in [0, 0.1) is 11.7 Å². The second-order valence-electron chi connectivity index (χ2n) is 5.74. The molecule has 132 valence electrons. The molecule has 0 spiro atoms. The van der Waals surface area contributed by atoms with E-state index in [2.05, 4.69) is 20.9 Å². The van der Waals surface area contributed by atoms with E-state index in [-0.39, 0.29) is 17.6 Å². The van der Waals surface area contributed by atoms with Crippen LogP contribution in [0.1, 0.15) is 25.3 Å². The van der Waals surface area contributed by atoms with Gasteiger partial charge in [-0.25, -0.2) is 4.39 Å². The van der Waals surface area contributed by atoms with Gasteiger partial charge in [-0.3, -0.25) is 9.79 Å². The fourth-order valence-electron chi connectivity index (χ4n) is 2.21. The molecule has 0 saturated heterocycles. The number of hydrogen-bond acceptors (Lipinski definition) is 2. The summed E-state index contributed by atoms with van der Waals surface area (Å²) in [6.45, 7) is 4.46. The monoisotopic (exact) mass is 354 g/mol. The highest BCUT2D eigenvalue weighted by atomic mass is 35.5. The summed E-state index contributed by atoms with van der Waals surface area (Å²) in [5.74, 6) is 0.726. The maximum Gasteiger partial charge on any atom is 0.223 e. The molecule has 1 saturated carbocycles. The largest absolute Gasteiger partial charge is 0.357 e. The fourth-order valence-corrected chi connectivity index (χ4v) is 2.47. The minimum absolute atomic E-state index is 0.143. The lowest BCUT2D eigenvalue weighted by atomic mass is 10.1. The van der Waals surface area contributed by atoms with Gasteiger partial charge >= 0.3 is 0 Å². The first-order valence-corrected chi connectivity index (χ1v) is 8.71. The van der Waals surface area contributed by atoms with Crippen molar-refractivity contribution in [3.63, 3.8) is 0 Å². The molecule has 1 fully saturated rings. The van der Waals surface area contributed by atoms with E-state index in [0.717, 1.165) is 24.9 Å². The minimum Gasteiger partial charge on any atom is -0.357 e. The Morgan fingerprint density at radius 1 is 1.29 bits per heavy atom. The molecule has 1 aromatic rings. The summed E-state index contributed by atoms with van der Waals surface area (Å²) in [5.41, 5.74) is 0.870. The van der Waals surface area contributed by atoms with Gasteiger partial charge in [0.25, 0.3) is 0 Å². The zero-order valence-corrected chi connectivity index (χ0v) is 14.6. The van der Waals surface area contributed by atoms with Crippen LogP contribution >= 0.6 is 11.6 Å². The Labute approximate surface area is 147 Å². The van der Waals surface area contributed by atoms with Crippen molar-refractivity contribution in [2.75, 3.05) is 26.2 Å². The average molecular weight is 355 g/mol. The predicted molar refractivity (Wildman–Crippen MR) is 94.8 cm³/mol. The molecular weight excluding hydrogens is 331 g/mol. The van der Waals surface area contributed by atoms with Gasteiger partial charge in [-0.15, -0.1) is 0 Å². The van der Waals surface area contributed by atoms with Gasteiger partial charge in [0.15, 0.2) is 5.96 Å². The van der Waals surface area contributed by atoms with Gasteiger partial charge in [0, 0.05) is 37.1 Å². The maximum atomic E-state index is 13.0. The van der Waals surface area contributed by atoms with E-state index >= 15 is 0 Å². The number of aliphatic imine (C=N–C) groups is 1. The third-order valence-corrected chi connectivity index (χ3v) is 4.03. The van der Waals surface area contributed by atoms with Crippen LogP contribution in [0.2, 0.25) is 5.02 Å². The third kappa shape index (κ3) is 6.35. The van der Waals surface area contributed by atoms with Crippen molar-refractivity contribution in [2.24, 2.45) is 10.9 Å². The fraction of sp³-hybridized carbons (Fsp3) is 0.529. The number of halogens is 2. The second-order valence-corrected chi connectivity index (χ2v) is 6.15. The first-order chi connectivity index (χ1) is 11.6. The molecule has 0 aromatic heterocycles. The Morgan fingerprint density at radius 3 is 2.71 bits per heavy atom. The number of amides is 1. The van der Waals surface area contributed by atoms with Crippen molar-refractivity contribution in [3.05, 3.63) is 34.6 Å². The summed E-state index contributed by atoms with van der Waals surface area (Å²) in [4.78, 5) is 16.0. The molecule has 2 rings (SSSR count). The summed E-state index contributed by atoms with van der Waals surface area (Å²) in [6, 6.07) is 4.39. The summed E-state index contributed by atoms with van der Waals surface area (Å²) in [6.07, 6.45) is 2.65. The van der Waals surface area contributed by atoms with Gasteiger partial charge in [0.05, 0.1) is 0 Å². The normalized spacial score (nSPS) is 14.4. The van der Waals surface area contributed by atoms with E-state index in [1.165, 1.54) is 12.1 Å². The lowest BCUT2D eigenvalue weighted by Gasteiger charge is -2.12. The lowest BCUT2D eigenvalue weighted by molar-refractivity contribution is -0.122. The minimum atomic E-state index is -0.337. The summed E-state index contributed by atoms with van der Waals surface area (Å²) < 4.78 is 13.0. The van der Waals surface area contributed by atoms with Gasteiger partial charge in [0.2, 0.25) is 5.91 Å². The molecule has 0 atom stereocenters. The summed E-state index contributed by atoms with van der Waals surface area (Å²) in [7, 11) is 0. The number of benzene rings is 1. The highest BCUT2D eigenvalue weighted by molar-refractivity contribution is 6.31. The van der Waals surface area contributed by atoms with Crippen LogP contribution in [0.3, 0.4) is 0 Å². The van der Waals surface area contributed by atoms with Gasteiger partial charge in [-0.05, 0) is 43.9 Å². The number of nitrogens with one attached hydrogen (secondary N) is 3. The van der Waals surface area contributed by atoms with E-state index in [0.29, 0.717) is 37.0 Å². The molecule has 1 aliphatic carbocycles. The van der Waals surface area contributed by atoms with Crippen LogP contribution < -0.4 is 16.0 Å². The van der Waals surface area contributed by atoms with Gasteiger partial charge in [-0.2, -0.15) is 0 Å². The maximum absolute atomic E-state index is 13.0. The number of rotatable bonds is 8. The Kier molecular flexibility index (Phi) is 7.31. The zero-order valence-electron chi connectivity index (χ0n) is 13.9. The molecule has 0 unspecified atom stereocenters. The van der Waals surface area contributed by atoms with Crippen LogP contribution in [0.5, 0.6) is 0 Å². The van der Waals surface area contributed by atoms with E-state index < -0.39 is 0 Å². The topological polar surface area (TPSA) is 65.5 Å².